The Morgan fingerprint density at radius 2 is 2.35 bits per heavy atom. The molecule has 1 aromatic heterocycles. The summed E-state index contributed by atoms with van der Waals surface area (Å²) in [6.45, 7) is 2.16. The highest BCUT2D eigenvalue weighted by atomic mass is 79.9. The zero-order chi connectivity index (χ0) is 13.0. The van der Waals surface area contributed by atoms with Gasteiger partial charge in [0.1, 0.15) is 5.15 Å². The van der Waals surface area contributed by atoms with Crippen molar-refractivity contribution in [2.24, 2.45) is 0 Å². The molecule has 0 aliphatic rings. The second-order valence-electron chi connectivity index (χ2n) is 3.86. The SMILES string of the molecule is CC(O)CCN(C)C(=O)c1cc(Br)cnc1Cl. The smallest absolute Gasteiger partial charge is 0.256 e. The van der Waals surface area contributed by atoms with E-state index in [4.69, 9.17) is 16.7 Å². The van der Waals surface area contributed by atoms with Gasteiger partial charge in [-0.3, -0.25) is 4.79 Å². The lowest BCUT2D eigenvalue weighted by molar-refractivity contribution is 0.0768. The second kappa shape index (κ2) is 6.33. The molecule has 1 heterocycles. The lowest BCUT2D eigenvalue weighted by Crippen LogP contribution is -2.29. The lowest BCUT2D eigenvalue weighted by Gasteiger charge is -2.18. The van der Waals surface area contributed by atoms with Crippen LogP contribution in [-0.4, -0.2) is 40.6 Å². The topological polar surface area (TPSA) is 53.4 Å². The van der Waals surface area contributed by atoms with Crippen LogP contribution in [0.15, 0.2) is 16.7 Å². The predicted molar refractivity (Wildman–Crippen MR) is 70.2 cm³/mol. The Morgan fingerprint density at radius 1 is 1.71 bits per heavy atom. The van der Waals surface area contributed by atoms with E-state index in [1.807, 2.05) is 0 Å². The largest absolute Gasteiger partial charge is 0.393 e. The molecule has 1 rings (SSSR count). The third kappa shape index (κ3) is 4.26. The van der Waals surface area contributed by atoms with Crippen molar-refractivity contribution in [3.05, 3.63) is 27.5 Å². The highest BCUT2D eigenvalue weighted by Gasteiger charge is 2.16. The summed E-state index contributed by atoms with van der Waals surface area (Å²) in [6, 6.07) is 1.64. The molecule has 0 fully saturated rings. The minimum atomic E-state index is -0.429. The molecule has 6 heteroatoms. The molecular weight excluding hydrogens is 307 g/mol. The van der Waals surface area contributed by atoms with E-state index in [0.29, 0.717) is 23.0 Å². The van der Waals surface area contributed by atoms with Crippen molar-refractivity contribution < 1.29 is 9.90 Å². The molecule has 94 valence electrons. The van der Waals surface area contributed by atoms with Crippen LogP contribution >= 0.6 is 27.5 Å². The molecule has 1 aromatic rings. The standard InChI is InChI=1S/C11H14BrClN2O2/c1-7(16)3-4-15(2)11(17)9-5-8(12)6-14-10(9)13/h5-7,16H,3-4H2,1-2H3. The Kier molecular flexibility index (Phi) is 5.36. The van der Waals surface area contributed by atoms with E-state index in [1.165, 1.54) is 11.1 Å². The molecule has 0 aromatic carbocycles. The molecule has 1 atom stereocenters. The van der Waals surface area contributed by atoms with Crippen molar-refractivity contribution in [2.45, 2.75) is 19.4 Å². The number of carbonyl (C=O) groups is 1. The van der Waals surface area contributed by atoms with Gasteiger partial charge in [-0.25, -0.2) is 4.98 Å². The number of nitrogens with zero attached hydrogens (tertiary/aromatic N) is 2. The zero-order valence-corrected chi connectivity index (χ0v) is 12.0. The molecule has 0 aliphatic heterocycles. The van der Waals surface area contributed by atoms with Crippen LogP contribution in [0.5, 0.6) is 0 Å². The Bertz CT molecular complexity index is 412. The van der Waals surface area contributed by atoms with E-state index in [9.17, 15) is 4.79 Å². The Labute approximate surface area is 114 Å². The average molecular weight is 322 g/mol. The molecule has 4 nitrogen and oxygen atoms in total. The summed E-state index contributed by atoms with van der Waals surface area (Å²) in [5.74, 6) is -0.204. The fraction of sp³-hybridized carbons (Fsp3) is 0.455. The molecule has 17 heavy (non-hydrogen) atoms. The van der Waals surface area contributed by atoms with E-state index in [1.54, 1.807) is 20.0 Å². The molecule has 0 bridgehead atoms. The third-order valence-electron chi connectivity index (χ3n) is 2.27. The van der Waals surface area contributed by atoms with E-state index in [0.717, 1.165) is 0 Å². The number of rotatable bonds is 4. The minimum absolute atomic E-state index is 0.182. The maximum absolute atomic E-state index is 12.0. The predicted octanol–water partition coefficient (Wildman–Crippen LogP) is 2.34. The van der Waals surface area contributed by atoms with Gasteiger partial charge in [-0.05, 0) is 35.3 Å². The van der Waals surface area contributed by atoms with E-state index < -0.39 is 6.10 Å². The van der Waals surface area contributed by atoms with Crippen molar-refractivity contribution in [2.75, 3.05) is 13.6 Å². The number of aliphatic hydroxyl groups is 1. The van der Waals surface area contributed by atoms with Crippen LogP contribution in [0.3, 0.4) is 0 Å². The Hall–Kier alpha value is -0.650. The zero-order valence-electron chi connectivity index (χ0n) is 9.65. The van der Waals surface area contributed by atoms with E-state index in [-0.39, 0.29) is 11.1 Å². The summed E-state index contributed by atoms with van der Waals surface area (Å²) >= 11 is 9.11. The first kappa shape index (κ1) is 14.4. The Morgan fingerprint density at radius 3 is 2.94 bits per heavy atom. The number of aromatic nitrogens is 1. The number of aliphatic hydroxyl groups excluding tert-OH is 1. The highest BCUT2D eigenvalue weighted by Crippen LogP contribution is 2.19. The van der Waals surface area contributed by atoms with Gasteiger partial charge in [-0.1, -0.05) is 11.6 Å². The molecule has 0 radical (unpaired) electrons. The Balaban J connectivity index is 2.78. The summed E-state index contributed by atoms with van der Waals surface area (Å²) in [6.07, 6.45) is 1.64. The number of hydrogen-bond donors (Lipinski definition) is 1. The van der Waals surface area contributed by atoms with Crippen molar-refractivity contribution >= 4 is 33.4 Å². The minimum Gasteiger partial charge on any atom is -0.393 e. The van der Waals surface area contributed by atoms with Crippen LogP contribution in [0.25, 0.3) is 0 Å². The number of amides is 1. The lowest BCUT2D eigenvalue weighted by atomic mass is 10.2. The molecule has 0 saturated heterocycles. The van der Waals surface area contributed by atoms with Gasteiger partial charge in [0.25, 0.3) is 5.91 Å². The summed E-state index contributed by atoms with van der Waals surface area (Å²) in [5, 5.41) is 9.35. The number of pyridine rings is 1. The van der Waals surface area contributed by atoms with Crippen molar-refractivity contribution in [1.29, 1.82) is 0 Å². The normalized spacial score (nSPS) is 12.3. The van der Waals surface area contributed by atoms with E-state index >= 15 is 0 Å². The van der Waals surface area contributed by atoms with E-state index in [2.05, 4.69) is 20.9 Å². The quantitative estimate of drug-likeness (QED) is 0.866. The van der Waals surface area contributed by atoms with Crippen LogP contribution < -0.4 is 0 Å². The first-order valence-corrected chi connectivity index (χ1v) is 6.33. The van der Waals surface area contributed by atoms with Crippen LogP contribution in [0.4, 0.5) is 0 Å². The number of carbonyl (C=O) groups excluding carboxylic acids is 1. The van der Waals surface area contributed by atoms with Gasteiger partial charge >= 0.3 is 0 Å². The van der Waals surface area contributed by atoms with Gasteiger partial charge in [0, 0.05) is 24.3 Å². The number of halogens is 2. The number of hydrogen-bond acceptors (Lipinski definition) is 3. The van der Waals surface area contributed by atoms with Gasteiger partial charge in [-0.15, -0.1) is 0 Å². The fourth-order valence-corrected chi connectivity index (χ4v) is 1.78. The highest BCUT2D eigenvalue weighted by molar-refractivity contribution is 9.10. The average Bonchev–Trinajstić information content (AvgIpc) is 2.28. The van der Waals surface area contributed by atoms with Crippen LogP contribution in [0.2, 0.25) is 5.15 Å². The molecule has 0 aliphatic carbocycles. The van der Waals surface area contributed by atoms with Gasteiger partial charge in [-0.2, -0.15) is 0 Å². The summed E-state index contributed by atoms with van der Waals surface area (Å²) in [7, 11) is 1.67. The molecule has 1 amide bonds. The van der Waals surface area contributed by atoms with Crippen molar-refractivity contribution in [3.8, 4) is 0 Å². The maximum atomic E-state index is 12.0. The fourth-order valence-electron chi connectivity index (χ4n) is 1.26. The van der Waals surface area contributed by atoms with Crippen molar-refractivity contribution in [1.82, 2.24) is 9.88 Å². The van der Waals surface area contributed by atoms with Crippen LogP contribution in [-0.2, 0) is 0 Å². The van der Waals surface area contributed by atoms with Crippen LogP contribution in [0, 0.1) is 0 Å². The molecule has 0 spiro atoms. The first-order chi connectivity index (χ1) is 7.91. The molecular formula is C11H14BrClN2O2. The molecule has 1 unspecified atom stereocenters. The van der Waals surface area contributed by atoms with Gasteiger partial charge in [0.05, 0.1) is 11.7 Å². The second-order valence-corrected chi connectivity index (χ2v) is 5.13. The summed E-state index contributed by atoms with van der Waals surface area (Å²) < 4.78 is 0.703. The van der Waals surface area contributed by atoms with Gasteiger partial charge < -0.3 is 10.0 Å². The van der Waals surface area contributed by atoms with Crippen LogP contribution in [0.1, 0.15) is 23.7 Å². The maximum Gasteiger partial charge on any atom is 0.256 e. The third-order valence-corrected chi connectivity index (χ3v) is 3.00. The van der Waals surface area contributed by atoms with Crippen molar-refractivity contribution in [3.63, 3.8) is 0 Å². The van der Waals surface area contributed by atoms with Gasteiger partial charge in [0.15, 0.2) is 0 Å². The first-order valence-electron chi connectivity index (χ1n) is 5.16. The molecule has 0 saturated carbocycles. The molecule has 1 N–H and O–H groups in total. The monoisotopic (exact) mass is 320 g/mol. The summed E-state index contributed by atoms with van der Waals surface area (Å²) in [4.78, 5) is 17.4. The van der Waals surface area contributed by atoms with Gasteiger partial charge in [0.2, 0.25) is 0 Å². The summed E-state index contributed by atoms with van der Waals surface area (Å²) in [5.41, 5.74) is 0.356.